The number of aryl methyl sites for hydroxylation is 1. The van der Waals surface area contributed by atoms with Crippen molar-refractivity contribution in [2.24, 2.45) is 5.73 Å². The van der Waals surface area contributed by atoms with E-state index in [-0.39, 0.29) is 11.9 Å². The van der Waals surface area contributed by atoms with E-state index in [0.29, 0.717) is 19.7 Å². The zero-order chi connectivity index (χ0) is 13.7. The predicted octanol–water partition coefficient (Wildman–Crippen LogP) is 0.133. The van der Waals surface area contributed by atoms with E-state index in [0.717, 1.165) is 24.4 Å². The van der Waals surface area contributed by atoms with E-state index in [1.807, 2.05) is 31.2 Å². The number of para-hydroxylation sites is 1. The highest BCUT2D eigenvalue weighted by molar-refractivity contribution is 5.80. The number of nitrogens with one attached hydrogen (secondary N) is 1. The third-order valence-corrected chi connectivity index (χ3v) is 3.41. The third kappa shape index (κ3) is 3.68. The van der Waals surface area contributed by atoms with E-state index >= 15 is 0 Å². The van der Waals surface area contributed by atoms with Crippen LogP contribution in [0.1, 0.15) is 5.56 Å². The van der Waals surface area contributed by atoms with Gasteiger partial charge in [0, 0.05) is 26.2 Å². The van der Waals surface area contributed by atoms with Crippen LogP contribution in [0.25, 0.3) is 0 Å². The van der Waals surface area contributed by atoms with Crippen LogP contribution in [0.4, 0.5) is 0 Å². The SMILES string of the molecule is Cc1ccccc1OCCN1CCNCC1C(N)=O. The van der Waals surface area contributed by atoms with Crippen molar-refractivity contribution in [1.29, 1.82) is 0 Å². The van der Waals surface area contributed by atoms with Crippen molar-refractivity contribution in [3.8, 4) is 5.75 Å². The molecule has 104 valence electrons. The molecule has 2 rings (SSSR count). The number of carbonyl (C=O) groups excluding carboxylic acids is 1. The minimum atomic E-state index is -0.275. The lowest BCUT2D eigenvalue weighted by molar-refractivity contribution is -0.123. The van der Waals surface area contributed by atoms with Crippen molar-refractivity contribution in [1.82, 2.24) is 10.2 Å². The molecule has 1 amide bonds. The number of primary amides is 1. The standard InChI is InChI=1S/C14H21N3O2/c1-11-4-2-3-5-13(11)19-9-8-17-7-6-16-10-12(17)14(15)18/h2-5,12,16H,6-10H2,1H3,(H2,15,18). The second kappa shape index (κ2) is 6.54. The first-order valence-corrected chi connectivity index (χ1v) is 6.61. The summed E-state index contributed by atoms with van der Waals surface area (Å²) in [7, 11) is 0. The Kier molecular flexibility index (Phi) is 4.76. The van der Waals surface area contributed by atoms with Gasteiger partial charge in [-0.05, 0) is 18.6 Å². The van der Waals surface area contributed by atoms with Crippen LogP contribution in [-0.4, -0.2) is 49.6 Å². The lowest BCUT2D eigenvalue weighted by Crippen LogP contribution is -2.57. The minimum absolute atomic E-state index is 0.228. The second-order valence-corrected chi connectivity index (χ2v) is 4.77. The van der Waals surface area contributed by atoms with Crippen LogP contribution < -0.4 is 15.8 Å². The fourth-order valence-corrected chi connectivity index (χ4v) is 2.29. The van der Waals surface area contributed by atoms with Gasteiger partial charge in [0.1, 0.15) is 18.4 Å². The Morgan fingerprint density at radius 2 is 2.32 bits per heavy atom. The average Bonchev–Trinajstić information content (AvgIpc) is 2.41. The Hall–Kier alpha value is -1.59. The Morgan fingerprint density at radius 3 is 3.05 bits per heavy atom. The number of nitrogens with zero attached hydrogens (tertiary/aromatic N) is 1. The molecule has 0 aromatic heterocycles. The average molecular weight is 263 g/mol. The van der Waals surface area contributed by atoms with Gasteiger partial charge in [-0.3, -0.25) is 9.69 Å². The van der Waals surface area contributed by atoms with Crippen LogP contribution in [0.5, 0.6) is 5.75 Å². The molecule has 19 heavy (non-hydrogen) atoms. The molecular weight excluding hydrogens is 242 g/mol. The number of ether oxygens (including phenoxy) is 1. The fraction of sp³-hybridized carbons (Fsp3) is 0.500. The summed E-state index contributed by atoms with van der Waals surface area (Å²) in [5, 5.41) is 3.18. The van der Waals surface area contributed by atoms with Gasteiger partial charge in [0.25, 0.3) is 0 Å². The molecule has 5 heteroatoms. The lowest BCUT2D eigenvalue weighted by Gasteiger charge is -2.33. The molecule has 1 heterocycles. The number of benzene rings is 1. The van der Waals surface area contributed by atoms with Gasteiger partial charge < -0.3 is 15.8 Å². The van der Waals surface area contributed by atoms with Gasteiger partial charge in [-0.1, -0.05) is 18.2 Å². The van der Waals surface area contributed by atoms with E-state index < -0.39 is 0 Å². The number of hydrogen-bond donors (Lipinski definition) is 2. The van der Waals surface area contributed by atoms with Crippen LogP contribution in [0.3, 0.4) is 0 Å². The molecule has 0 aliphatic carbocycles. The number of piperazine rings is 1. The fourth-order valence-electron chi connectivity index (χ4n) is 2.29. The molecular formula is C14H21N3O2. The lowest BCUT2D eigenvalue weighted by atomic mass is 10.2. The highest BCUT2D eigenvalue weighted by Crippen LogP contribution is 2.16. The summed E-state index contributed by atoms with van der Waals surface area (Å²) in [4.78, 5) is 13.4. The minimum Gasteiger partial charge on any atom is -0.492 e. The molecule has 1 aliphatic heterocycles. The summed E-state index contributed by atoms with van der Waals surface area (Å²) in [5.41, 5.74) is 6.52. The van der Waals surface area contributed by atoms with Gasteiger partial charge in [0.05, 0.1) is 0 Å². The Bertz CT molecular complexity index is 436. The smallest absolute Gasteiger partial charge is 0.236 e. The maximum Gasteiger partial charge on any atom is 0.236 e. The first-order valence-electron chi connectivity index (χ1n) is 6.61. The molecule has 1 aliphatic rings. The monoisotopic (exact) mass is 263 g/mol. The third-order valence-electron chi connectivity index (χ3n) is 3.41. The van der Waals surface area contributed by atoms with Crippen molar-refractivity contribution in [2.45, 2.75) is 13.0 Å². The molecule has 0 spiro atoms. The molecule has 1 atom stereocenters. The summed E-state index contributed by atoms with van der Waals surface area (Å²) in [6, 6.07) is 7.70. The normalized spacial score (nSPS) is 20.2. The molecule has 1 aromatic carbocycles. The molecule has 1 unspecified atom stereocenters. The summed E-state index contributed by atoms with van der Waals surface area (Å²) in [6.07, 6.45) is 0. The van der Waals surface area contributed by atoms with Gasteiger partial charge in [0.15, 0.2) is 0 Å². The van der Waals surface area contributed by atoms with Gasteiger partial charge >= 0.3 is 0 Å². The number of carbonyl (C=O) groups is 1. The van der Waals surface area contributed by atoms with Gasteiger partial charge in [-0.25, -0.2) is 0 Å². The van der Waals surface area contributed by atoms with Gasteiger partial charge in [0.2, 0.25) is 5.91 Å². The van der Waals surface area contributed by atoms with Gasteiger partial charge in [-0.15, -0.1) is 0 Å². The Morgan fingerprint density at radius 1 is 1.53 bits per heavy atom. The molecule has 1 aromatic rings. The molecule has 5 nitrogen and oxygen atoms in total. The van der Waals surface area contributed by atoms with Crippen molar-refractivity contribution in [2.75, 3.05) is 32.8 Å². The van der Waals surface area contributed by atoms with Crippen LogP contribution in [0, 0.1) is 6.92 Å². The summed E-state index contributed by atoms with van der Waals surface area (Å²) < 4.78 is 5.75. The molecule has 1 saturated heterocycles. The largest absolute Gasteiger partial charge is 0.492 e. The molecule has 0 bridgehead atoms. The van der Waals surface area contributed by atoms with Gasteiger partial charge in [-0.2, -0.15) is 0 Å². The maximum atomic E-state index is 11.4. The van der Waals surface area contributed by atoms with E-state index in [4.69, 9.17) is 10.5 Å². The van der Waals surface area contributed by atoms with Crippen LogP contribution in [0.2, 0.25) is 0 Å². The summed E-state index contributed by atoms with van der Waals surface area (Å²) in [6.45, 7) is 5.63. The molecule has 0 saturated carbocycles. The zero-order valence-electron chi connectivity index (χ0n) is 11.3. The Labute approximate surface area is 113 Å². The second-order valence-electron chi connectivity index (χ2n) is 4.77. The zero-order valence-corrected chi connectivity index (χ0v) is 11.3. The predicted molar refractivity (Wildman–Crippen MR) is 74.1 cm³/mol. The number of amides is 1. The molecule has 3 N–H and O–H groups in total. The van der Waals surface area contributed by atoms with E-state index in [9.17, 15) is 4.79 Å². The first-order chi connectivity index (χ1) is 9.18. The van der Waals surface area contributed by atoms with Crippen molar-refractivity contribution >= 4 is 5.91 Å². The highest BCUT2D eigenvalue weighted by atomic mass is 16.5. The van der Waals surface area contributed by atoms with Crippen molar-refractivity contribution in [3.63, 3.8) is 0 Å². The number of nitrogens with two attached hydrogens (primary N) is 1. The number of hydrogen-bond acceptors (Lipinski definition) is 4. The first kappa shape index (κ1) is 13.8. The van der Waals surface area contributed by atoms with E-state index in [1.54, 1.807) is 0 Å². The molecule has 0 radical (unpaired) electrons. The Balaban J connectivity index is 1.84. The summed E-state index contributed by atoms with van der Waals surface area (Å²) >= 11 is 0. The van der Waals surface area contributed by atoms with Crippen LogP contribution >= 0.6 is 0 Å². The van der Waals surface area contributed by atoms with Crippen molar-refractivity contribution < 1.29 is 9.53 Å². The van der Waals surface area contributed by atoms with Crippen LogP contribution in [0.15, 0.2) is 24.3 Å². The van der Waals surface area contributed by atoms with E-state index in [1.165, 1.54) is 0 Å². The summed E-state index contributed by atoms with van der Waals surface area (Å²) in [5.74, 6) is 0.622. The maximum absolute atomic E-state index is 11.4. The van der Waals surface area contributed by atoms with Crippen LogP contribution in [-0.2, 0) is 4.79 Å². The number of rotatable bonds is 5. The molecule has 1 fully saturated rings. The highest BCUT2D eigenvalue weighted by Gasteiger charge is 2.26. The quantitative estimate of drug-likeness (QED) is 0.792. The van der Waals surface area contributed by atoms with E-state index in [2.05, 4.69) is 10.2 Å². The topological polar surface area (TPSA) is 67.6 Å². The van der Waals surface area contributed by atoms with Crippen molar-refractivity contribution in [3.05, 3.63) is 29.8 Å².